The van der Waals surface area contributed by atoms with E-state index in [4.69, 9.17) is 9.47 Å². The quantitative estimate of drug-likeness (QED) is 0.561. The summed E-state index contributed by atoms with van der Waals surface area (Å²) < 4.78 is 9.85. The third-order valence-electron chi connectivity index (χ3n) is 2.27. The van der Waals surface area contributed by atoms with Gasteiger partial charge in [-0.15, -0.1) is 0 Å². The smallest absolute Gasteiger partial charge is 0.306 e. The van der Waals surface area contributed by atoms with Gasteiger partial charge in [-0.1, -0.05) is 12.1 Å². The van der Waals surface area contributed by atoms with Gasteiger partial charge in [0, 0.05) is 6.42 Å². The highest BCUT2D eigenvalue weighted by molar-refractivity contribution is 5.99. The number of para-hydroxylation sites is 1. The van der Waals surface area contributed by atoms with Crippen molar-refractivity contribution in [2.75, 3.05) is 13.7 Å². The lowest BCUT2D eigenvalue weighted by Gasteiger charge is -2.06. The molecule has 0 aromatic heterocycles. The molecule has 0 heterocycles. The van der Waals surface area contributed by atoms with Crippen LogP contribution in [0.15, 0.2) is 24.3 Å². The topological polar surface area (TPSA) is 52.6 Å². The zero-order valence-electron chi connectivity index (χ0n) is 10.1. The van der Waals surface area contributed by atoms with Gasteiger partial charge in [0.2, 0.25) is 0 Å². The van der Waals surface area contributed by atoms with E-state index in [1.807, 2.05) is 0 Å². The van der Waals surface area contributed by atoms with E-state index in [1.165, 1.54) is 7.11 Å². The maximum atomic E-state index is 11.8. The Morgan fingerprint density at radius 2 is 1.88 bits per heavy atom. The fourth-order valence-corrected chi connectivity index (χ4v) is 1.46. The molecule has 1 aromatic carbocycles. The van der Waals surface area contributed by atoms with Gasteiger partial charge in [-0.25, -0.2) is 0 Å². The third-order valence-corrected chi connectivity index (χ3v) is 2.27. The maximum absolute atomic E-state index is 11.8. The van der Waals surface area contributed by atoms with Gasteiger partial charge in [0.1, 0.15) is 5.75 Å². The number of methoxy groups -OCH3 is 1. The average molecular weight is 236 g/mol. The zero-order chi connectivity index (χ0) is 12.7. The number of carbonyl (C=O) groups excluding carboxylic acids is 2. The molecule has 0 saturated carbocycles. The Hall–Kier alpha value is -1.84. The van der Waals surface area contributed by atoms with Gasteiger partial charge in [0.25, 0.3) is 0 Å². The molecule has 0 fully saturated rings. The molecule has 0 radical (unpaired) electrons. The third kappa shape index (κ3) is 3.90. The van der Waals surface area contributed by atoms with Gasteiger partial charge in [-0.3, -0.25) is 9.59 Å². The van der Waals surface area contributed by atoms with Gasteiger partial charge >= 0.3 is 5.97 Å². The van der Waals surface area contributed by atoms with Crippen molar-refractivity contribution in [2.24, 2.45) is 0 Å². The Bertz CT molecular complexity index is 398. The predicted octanol–water partition coefficient (Wildman–Crippen LogP) is 2.22. The summed E-state index contributed by atoms with van der Waals surface area (Å²) >= 11 is 0. The molecule has 0 aliphatic rings. The first-order valence-electron chi connectivity index (χ1n) is 5.50. The highest BCUT2D eigenvalue weighted by Gasteiger charge is 2.13. The molecule has 4 nitrogen and oxygen atoms in total. The lowest BCUT2D eigenvalue weighted by molar-refractivity contribution is -0.143. The van der Waals surface area contributed by atoms with E-state index in [1.54, 1.807) is 31.2 Å². The van der Waals surface area contributed by atoms with Crippen LogP contribution in [0.4, 0.5) is 0 Å². The number of ketones is 1. The summed E-state index contributed by atoms with van der Waals surface area (Å²) in [4.78, 5) is 23.0. The summed E-state index contributed by atoms with van der Waals surface area (Å²) in [6.45, 7) is 2.07. The first kappa shape index (κ1) is 13.2. The van der Waals surface area contributed by atoms with E-state index >= 15 is 0 Å². The number of hydrogen-bond acceptors (Lipinski definition) is 4. The fourth-order valence-electron chi connectivity index (χ4n) is 1.46. The van der Waals surface area contributed by atoms with E-state index in [0.717, 1.165) is 0 Å². The number of carbonyl (C=O) groups is 2. The fraction of sp³-hybridized carbons (Fsp3) is 0.385. The number of esters is 1. The Balaban J connectivity index is 2.61. The lowest BCUT2D eigenvalue weighted by Crippen LogP contribution is -2.08. The van der Waals surface area contributed by atoms with Crippen LogP contribution < -0.4 is 4.74 Å². The van der Waals surface area contributed by atoms with Crippen LogP contribution in [-0.4, -0.2) is 25.5 Å². The summed E-state index contributed by atoms with van der Waals surface area (Å²) in [5.74, 6) is 0.0626. The number of Topliss-reactive ketones (excluding diaryl/α,β-unsaturated/α-hetero) is 1. The molecule has 0 atom stereocenters. The minimum Gasteiger partial charge on any atom is -0.496 e. The number of benzene rings is 1. The number of hydrogen-bond donors (Lipinski definition) is 0. The monoisotopic (exact) mass is 236 g/mol. The maximum Gasteiger partial charge on any atom is 0.306 e. The van der Waals surface area contributed by atoms with E-state index in [0.29, 0.717) is 17.9 Å². The second-order valence-corrected chi connectivity index (χ2v) is 3.43. The van der Waals surface area contributed by atoms with Crippen molar-refractivity contribution in [3.8, 4) is 5.75 Å². The molecule has 0 saturated heterocycles. The highest BCUT2D eigenvalue weighted by atomic mass is 16.5. The largest absolute Gasteiger partial charge is 0.496 e. The van der Waals surface area contributed by atoms with Gasteiger partial charge in [-0.05, 0) is 19.1 Å². The Kier molecular flexibility index (Phi) is 5.20. The standard InChI is InChI=1S/C13H16O4/c1-3-17-13(15)9-8-11(14)10-6-4-5-7-12(10)16-2/h4-7H,3,8-9H2,1-2H3. The van der Waals surface area contributed by atoms with Gasteiger partial charge < -0.3 is 9.47 Å². The summed E-state index contributed by atoms with van der Waals surface area (Å²) in [6, 6.07) is 6.96. The normalized spacial score (nSPS) is 9.76. The molecule has 0 N–H and O–H groups in total. The second-order valence-electron chi connectivity index (χ2n) is 3.43. The summed E-state index contributed by atoms with van der Waals surface area (Å²) in [5, 5.41) is 0. The minimum atomic E-state index is -0.351. The van der Waals surface area contributed by atoms with Crippen molar-refractivity contribution in [3.05, 3.63) is 29.8 Å². The molecular weight excluding hydrogens is 220 g/mol. The number of rotatable bonds is 6. The second kappa shape index (κ2) is 6.68. The molecule has 0 amide bonds. The Morgan fingerprint density at radius 1 is 1.18 bits per heavy atom. The zero-order valence-corrected chi connectivity index (χ0v) is 10.1. The molecule has 0 unspecified atom stereocenters. The van der Waals surface area contributed by atoms with Crippen molar-refractivity contribution < 1.29 is 19.1 Å². The lowest BCUT2D eigenvalue weighted by atomic mass is 10.1. The van der Waals surface area contributed by atoms with Gasteiger partial charge in [0.15, 0.2) is 5.78 Å². The van der Waals surface area contributed by atoms with E-state index < -0.39 is 0 Å². The first-order chi connectivity index (χ1) is 8.19. The van der Waals surface area contributed by atoms with Crippen molar-refractivity contribution in [3.63, 3.8) is 0 Å². The van der Waals surface area contributed by atoms with Crippen molar-refractivity contribution in [1.82, 2.24) is 0 Å². The molecule has 1 aromatic rings. The van der Waals surface area contributed by atoms with Crippen LogP contribution >= 0.6 is 0 Å². The highest BCUT2D eigenvalue weighted by Crippen LogP contribution is 2.19. The van der Waals surface area contributed by atoms with Crippen LogP contribution in [0.5, 0.6) is 5.75 Å². The molecule has 0 aliphatic carbocycles. The van der Waals surface area contributed by atoms with Crippen molar-refractivity contribution in [2.45, 2.75) is 19.8 Å². The molecular formula is C13H16O4. The van der Waals surface area contributed by atoms with Gasteiger partial charge in [-0.2, -0.15) is 0 Å². The van der Waals surface area contributed by atoms with Crippen LogP contribution in [0, 0.1) is 0 Å². The van der Waals surface area contributed by atoms with E-state index in [9.17, 15) is 9.59 Å². The molecule has 4 heteroatoms. The van der Waals surface area contributed by atoms with E-state index in [2.05, 4.69) is 0 Å². The first-order valence-corrected chi connectivity index (χ1v) is 5.50. The van der Waals surface area contributed by atoms with Crippen LogP contribution in [0.3, 0.4) is 0 Å². The molecule has 17 heavy (non-hydrogen) atoms. The predicted molar refractivity (Wildman–Crippen MR) is 63.2 cm³/mol. The van der Waals surface area contributed by atoms with Crippen LogP contribution in [0.25, 0.3) is 0 Å². The Morgan fingerprint density at radius 3 is 2.53 bits per heavy atom. The summed E-state index contributed by atoms with van der Waals surface area (Å²) in [5.41, 5.74) is 0.499. The van der Waals surface area contributed by atoms with Crippen LogP contribution in [-0.2, 0) is 9.53 Å². The van der Waals surface area contributed by atoms with Crippen LogP contribution in [0.1, 0.15) is 30.1 Å². The molecule has 0 spiro atoms. The van der Waals surface area contributed by atoms with Crippen LogP contribution in [0.2, 0.25) is 0 Å². The van der Waals surface area contributed by atoms with Crippen molar-refractivity contribution in [1.29, 1.82) is 0 Å². The average Bonchev–Trinajstić information content (AvgIpc) is 2.36. The SMILES string of the molecule is CCOC(=O)CCC(=O)c1ccccc1OC. The summed E-state index contributed by atoms with van der Waals surface area (Å²) in [7, 11) is 1.51. The molecule has 0 bridgehead atoms. The van der Waals surface area contributed by atoms with Crippen molar-refractivity contribution >= 4 is 11.8 Å². The Labute approximate surface area is 101 Å². The van der Waals surface area contributed by atoms with Gasteiger partial charge in [0.05, 0.1) is 25.7 Å². The summed E-state index contributed by atoms with van der Waals surface area (Å²) in [6.07, 6.45) is 0.240. The van der Waals surface area contributed by atoms with E-state index in [-0.39, 0.29) is 24.6 Å². The molecule has 1 rings (SSSR count). The molecule has 92 valence electrons. The number of ether oxygens (including phenoxy) is 2. The minimum absolute atomic E-state index is 0.102. The molecule has 0 aliphatic heterocycles.